The Bertz CT molecular complexity index is 779. The highest BCUT2D eigenvalue weighted by molar-refractivity contribution is 5.96. The molecule has 164 valence electrons. The summed E-state index contributed by atoms with van der Waals surface area (Å²) in [6.07, 6.45) is 5.49. The molecular weight excluding hydrogens is 386 g/mol. The van der Waals surface area contributed by atoms with Crippen LogP contribution in [-0.2, 0) is 14.3 Å². The Morgan fingerprint density at radius 1 is 1.23 bits per heavy atom. The number of rotatable bonds is 5. The maximum absolute atomic E-state index is 13.3. The predicted octanol–water partition coefficient (Wildman–Crippen LogP) is 2.01. The maximum Gasteiger partial charge on any atom is 0.292 e. The fourth-order valence-electron chi connectivity index (χ4n) is 4.50. The van der Waals surface area contributed by atoms with Crippen molar-refractivity contribution in [2.45, 2.75) is 57.7 Å². The molecule has 3 fully saturated rings. The Hall–Kier alpha value is -2.35. The van der Waals surface area contributed by atoms with Gasteiger partial charge in [-0.2, -0.15) is 0 Å². The summed E-state index contributed by atoms with van der Waals surface area (Å²) >= 11 is 0. The maximum atomic E-state index is 13.3. The standard InChI is InChI=1S/C22H31N3O5/c1-15(2)13-23-19(26)17-14-30-22(25(17)21(28)18-7-4-12-29-18)8-10-24(11-9-22)20(27)16-5-3-6-16/h4,7,12,15-17H,3,5-6,8-11,13-14H2,1-2H3,(H,23,26). The average molecular weight is 418 g/mol. The van der Waals surface area contributed by atoms with Crippen molar-refractivity contribution in [1.29, 1.82) is 0 Å². The van der Waals surface area contributed by atoms with Crippen LogP contribution in [0.25, 0.3) is 0 Å². The summed E-state index contributed by atoms with van der Waals surface area (Å²) in [6.45, 7) is 5.78. The number of hydrogen-bond acceptors (Lipinski definition) is 5. The molecule has 8 nitrogen and oxygen atoms in total. The van der Waals surface area contributed by atoms with Gasteiger partial charge in [0.15, 0.2) is 5.76 Å². The van der Waals surface area contributed by atoms with Gasteiger partial charge in [-0.05, 0) is 30.9 Å². The van der Waals surface area contributed by atoms with Crippen molar-refractivity contribution in [3.05, 3.63) is 24.2 Å². The summed E-state index contributed by atoms with van der Waals surface area (Å²) in [7, 11) is 0. The molecule has 1 spiro atoms. The van der Waals surface area contributed by atoms with Gasteiger partial charge in [0, 0.05) is 38.4 Å². The van der Waals surface area contributed by atoms with Crippen molar-refractivity contribution in [1.82, 2.24) is 15.1 Å². The minimum Gasteiger partial charge on any atom is -0.459 e. The minimum absolute atomic E-state index is 0.146. The number of nitrogens with one attached hydrogen (secondary N) is 1. The lowest BCUT2D eigenvalue weighted by atomic mass is 9.83. The highest BCUT2D eigenvalue weighted by Gasteiger charge is 2.55. The van der Waals surface area contributed by atoms with Crippen LogP contribution in [0.1, 0.15) is 56.5 Å². The summed E-state index contributed by atoms with van der Waals surface area (Å²) in [6, 6.07) is 2.55. The Labute approximate surface area is 176 Å². The molecule has 3 aliphatic rings. The lowest BCUT2D eigenvalue weighted by Gasteiger charge is -2.45. The first-order valence-electron chi connectivity index (χ1n) is 11.0. The smallest absolute Gasteiger partial charge is 0.292 e. The molecule has 1 aliphatic carbocycles. The summed E-state index contributed by atoms with van der Waals surface area (Å²) in [5, 5.41) is 2.93. The van der Waals surface area contributed by atoms with Crippen LogP contribution in [0, 0.1) is 11.8 Å². The van der Waals surface area contributed by atoms with Crippen molar-refractivity contribution >= 4 is 17.7 Å². The molecular formula is C22H31N3O5. The van der Waals surface area contributed by atoms with Crippen molar-refractivity contribution in [2.24, 2.45) is 11.8 Å². The number of carbonyl (C=O) groups excluding carboxylic acids is 3. The van der Waals surface area contributed by atoms with Gasteiger partial charge in [0.2, 0.25) is 11.8 Å². The number of amides is 3. The summed E-state index contributed by atoms with van der Waals surface area (Å²) in [5.74, 6) is 0.298. The van der Waals surface area contributed by atoms with E-state index in [2.05, 4.69) is 5.32 Å². The zero-order chi connectivity index (χ0) is 21.3. The van der Waals surface area contributed by atoms with Crippen molar-refractivity contribution in [3.63, 3.8) is 0 Å². The van der Waals surface area contributed by atoms with Crippen LogP contribution < -0.4 is 5.32 Å². The van der Waals surface area contributed by atoms with Gasteiger partial charge in [0.25, 0.3) is 5.91 Å². The lowest BCUT2D eigenvalue weighted by Crippen LogP contribution is -2.60. The van der Waals surface area contributed by atoms with E-state index in [9.17, 15) is 14.4 Å². The van der Waals surface area contributed by atoms with E-state index in [1.807, 2.05) is 18.7 Å². The molecule has 0 radical (unpaired) electrons. The predicted molar refractivity (Wildman–Crippen MR) is 108 cm³/mol. The van der Waals surface area contributed by atoms with Crippen LogP contribution in [-0.4, -0.2) is 65.5 Å². The fraction of sp³-hybridized carbons (Fsp3) is 0.682. The van der Waals surface area contributed by atoms with E-state index < -0.39 is 11.8 Å². The Morgan fingerprint density at radius 3 is 2.53 bits per heavy atom. The second-order valence-corrected chi connectivity index (χ2v) is 9.02. The third-order valence-electron chi connectivity index (χ3n) is 6.51. The van der Waals surface area contributed by atoms with E-state index in [4.69, 9.17) is 9.15 Å². The third kappa shape index (κ3) is 3.85. The third-order valence-corrected chi connectivity index (χ3v) is 6.51. The molecule has 3 heterocycles. The normalized spacial score (nSPS) is 23.6. The Balaban J connectivity index is 1.52. The summed E-state index contributed by atoms with van der Waals surface area (Å²) in [5.41, 5.74) is -0.889. The van der Waals surface area contributed by atoms with E-state index in [0.29, 0.717) is 38.4 Å². The van der Waals surface area contributed by atoms with Gasteiger partial charge < -0.3 is 19.4 Å². The summed E-state index contributed by atoms with van der Waals surface area (Å²) < 4.78 is 11.5. The number of likely N-dealkylation sites (tertiary alicyclic amines) is 1. The van der Waals surface area contributed by atoms with Crippen molar-refractivity contribution < 1.29 is 23.5 Å². The molecule has 4 rings (SSSR count). The molecule has 1 aromatic heterocycles. The Morgan fingerprint density at radius 2 is 1.97 bits per heavy atom. The van der Waals surface area contributed by atoms with Gasteiger partial charge in [-0.1, -0.05) is 20.3 Å². The molecule has 2 saturated heterocycles. The van der Waals surface area contributed by atoms with Gasteiger partial charge in [-0.3, -0.25) is 19.3 Å². The Kier molecular flexibility index (Phi) is 5.86. The van der Waals surface area contributed by atoms with Crippen LogP contribution in [0.15, 0.2) is 22.8 Å². The SMILES string of the molecule is CC(C)CNC(=O)C1COC2(CCN(C(=O)C3CCC3)CC2)N1C(=O)c1ccco1. The first-order valence-corrected chi connectivity index (χ1v) is 11.0. The van der Waals surface area contributed by atoms with Crippen LogP contribution in [0.2, 0.25) is 0 Å². The number of nitrogens with zero attached hydrogens (tertiary/aromatic N) is 2. The number of piperidine rings is 1. The number of furan rings is 1. The van der Waals surface area contributed by atoms with Gasteiger partial charge >= 0.3 is 0 Å². The molecule has 1 N–H and O–H groups in total. The molecule has 8 heteroatoms. The fourth-order valence-corrected chi connectivity index (χ4v) is 4.50. The molecule has 1 saturated carbocycles. The number of carbonyl (C=O) groups is 3. The number of ether oxygens (including phenoxy) is 1. The van der Waals surface area contributed by atoms with Crippen molar-refractivity contribution in [2.75, 3.05) is 26.2 Å². The highest BCUT2D eigenvalue weighted by atomic mass is 16.5. The molecule has 1 atom stereocenters. The lowest BCUT2D eigenvalue weighted by molar-refractivity contribution is -0.149. The zero-order valence-corrected chi connectivity index (χ0v) is 17.8. The van der Waals surface area contributed by atoms with E-state index in [0.717, 1.165) is 19.3 Å². The first-order chi connectivity index (χ1) is 14.4. The van der Waals surface area contributed by atoms with E-state index >= 15 is 0 Å². The first kappa shape index (κ1) is 20.9. The topological polar surface area (TPSA) is 92.1 Å². The summed E-state index contributed by atoms with van der Waals surface area (Å²) in [4.78, 5) is 42.3. The van der Waals surface area contributed by atoms with E-state index in [1.165, 1.54) is 6.26 Å². The number of hydrogen-bond donors (Lipinski definition) is 1. The van der Waals surface area contributed by atoms with Gasteiger partial charge in [-0.25, -0.2) is 0 Å². The average Bonchev–Trinajstić information content (AvgIpc) is 3.33. The quantitative estimate of drug-likeness (QED) is 0.791. The van der Waals surface area contributed by atoms with Gasteiger partial charge in [0.1, 0.15) is 11.8 Å². The monoisotopic (exact) mass is 417 g/mol. The molecule has 3 amide bonds. The van der Waals surface area contributed by atoms with Crippen LogP contribution in [0.4, 0.5) is 0 Å². The van der Waals surface area contributed by atoms with E-state index in [1.54, 1.807) is 17.0 Å². The second kappa shape index (κ2) is 8.41. The highest BCUT2D eigenvalue weighted by Crippen LogP contribution is 2.39. The minimum atomic E-state index is -0.889. The molecule has 0 bridgehead atoms. The largest absolute Gasteiger partial charge is 0.459 e. The van der Waals surface area contributed by atoms with Gasteiger partial charge in [-0.15, -0.1) is 0 Å². The van der Waals surface area contributed by atoms with Crippen molar-refractivity contribution in [3.8, 4) is 0 Å². The molecule has 1 aromatic rings. The van der Waals surface area contributed by atoms with Gasteiger partial charge in [0.05, 0.1) is 12.9 Å². The van der Waals surface area contributed by atoms with Crippen LogP contribution >= 0.6 is 0 Å². The molecule has 2 aliphatic heterocycles. The van der Waals surface area contributed by atoms with E-state index in [-0.39, 0.29) is 36.0 Å². The molecule has 30 heavy (non-hydrogen) atoms. The van der Waals surface area contributed by atoms with Crippen LogP contribution in [0.3, 0.4) is 0 Å². The second-order valence-electron chi connectivity index (χ2n) is 9.02. The van der Waals surface area contributed by atoms with Crippen LogP contribution in [0.5, 0.6) is 0 Å². The molecule has 0 aromatic carbocycles. The molecule has 1 unspecified atom stereocenters. The zero-order valence-electron chi connectivity index (χ0n) is 17.8.